The van der Waals surface area contributed by atoms with E-state index in [0.717, 1.165) is 25.7 Å². The van der Waals surface area contributed by atoms with Crippen molar-refractivity contribution in [1.29, 1.82) is 0 Å². The lowest BCUT2D eigenvalue weighted by molar-refractivity contribution is -0.144. The number of hydrogen-bond acceptors (Lipinski definition) is 3. The Morgan fingerprint density at radius 3 is 2.16 bits per heavy atom. The Bertz CT molecular complexity index is 319. The van der Waals surface area contributed by atoms with Gasteiger partial charge in [-0.05, 0) is 38.0 Å². The van der Waals surface area contributed by atoms with Crippen LogP contribution >= 0.6 is 0 Å². The van der Waals surface area contributed by atoms with Gasteiger partial charge in [0.1, 0.15) is 0 Å². The molecule has 0 aromatic heterocycles. The van der Waals surface area contributed by atoms with Crippen LogP contribution in [0.25, 0.3) is 0 Å². The molecule has 0 unspecified atom stereocenters. The molecule has 1 N–H and O–H groups in total. The van der Waals surface area contributed by atoms with Crippen LogP contribution in [0.15, 0.2) is 12.2 Å². The molecule has 0 bridgehead atoms. The van der Waals surface area contributed by atoms with E-state index in [-0.39, 0.29) is 18.0 Å². The number of carbonyl (C=O) groups excluding carboxylic acids is 1. The smallest absolute Gasteiger partial charge is 0.333 e. The van der Waals surface area contributed by atoms with Gasteiger partial charge in [-0.3, -0.25) is 0 Å². The van der Waals surface area contributed by atoms with E-state index < -0.39 is 0 Å². The number of carbonyl (C=O) groups is 1. The molecule has 1 aliphatic carbocycles. The lowest BCUT2D eigenvalue weighted by Gasteiger charge is -2.37. The number of aliphatic hydroxyl groups is 1. The summed E-state index contributed by atoms with van der Waals surface area (Å²) in [4.78, 5) is 11.5. The van der Waals surface area contributed by atoms with Crippen LogP contribution in [-0.4, -0.2) is 24.3 Å². The van der Waals surface area contributed by atoms with Crippen molar-refractivity contribution in [3.63, 3.8) is 0 Å². The van der Waals surface area contributed by atoms with Crippen LogP contribution < -0.4 is 0 Å². The van der Waals surface area contributed by atoms with Crippen molar-refractivity contribution in [3.05, 3.63) is 12.2 Å². The summed E-state index contributed by atoms with van der Waals surface area (Å²) in [6.45, 7) is 10.3. The predicted molar refractivity (Wildman–Crippen MR) is 76.8 cm³/mol. The topological polar surface area (TPSA) is 46.5 Å². The fraction of sp³-hybridized carbons (Fsp3) is 0.812. The molecule has 0 heterocycles. The minimum absolute atomic E-state index is 0.0941. The van der Waals surface area contributed by atoms with E-state index >= 15 is 0 Å². The predicted octanol–water partition coefficient (Wildman–Crippen LogP) is 3.46. The van der Waals surface area contributed by atoms with Gasteiger partial charge in [-0.25, -0.2) is 4.79 Å². The molecular formula is C16H28O3. The number of aliphatic hydroxyl groups excluding tert-OH is 1. The summed E-state index contributed by atoms with van der Waals surface area (Å²) in [6.07, 6.45) is 6.36. The zero-order valence-corrected chi connectivity index (χ0v) is 12.6. The Morgan fingerprint density at radius 2 is 1.74 bits per heavy atom. The number of ether oxygens (including phenoxy) is 1. The first-order chi connectivity index (χ1) is 8.80. The van der Waals surface area contributed by atoms with Gasteiger partial charge >= 0.3 is 5.97 Å². The fourth-order valence-corrected chi connectivity index (χ4v) is 2.82. The highest BCUT2D eigenvalue weighted by Crippen LogP contribution is 2.40. The summed E-state index contributed by atoms with van der Waals surface area (Å²) >= 11 is 0. The van der Waals surface area contributed by atoms with Gasteiger partial charge in [0, 0.05) is 11.0 Å². The second-order valence-electron chi connectivity index (χ2n) is 6.89. The molecule has 0 saturated heterocycles. The van der Waals surface area contributed by atoms with Gasteiger partial charge in [-0.2, -0.15) is 0 Å². The van der Waals surface area contributed by atoms with Crippen molar-refractivity contribution in [1.82, 2.24) is 0 Å². The quantitative estimate of drug-likeness (QED) is 0.627. The summed E-state index contributed by atoms with van der Waals surface area (Å²) in [5.74, 6) is -0.352. The summed E-state index contributed by atoms with van der Waals surface area (Å²) < 4.78 is 5.29. The van der Waals surface area contributed by atoms with Crippen LogP contribution in [0.2, 0.25) is 0 Å². The Kier molecular flexibility index (Phi) is 5.60. The van der Waals surface area contributed by atoms with Crippen molar-refractivity contribution in [2.24, 2.45) is 10.8 Å². The molecule has 0 atom stereocenters. The lowest BCUT2D eigenvalue weighted by Crippen LogP contribution is -2.34. The molecule has 1 fully saturated rings. The van der Waals surface area contributed by atoms with Crippen molar-refractivity contribution < 1.29 is 14.6 Å². The molecule has 0 aromatic carbocycles. The molecule has 3 nitrogen and oxygen atoms in total. The monoisotopic (exact) mass is 268 g/mol. The third-order valence-electron chi connectivity index (χ3n) is 4.31. The van der Waals surface area contributed by atoms with E-state index in [0.29, 0.717) is 17.6 Å². The highest BCUT2D eigenvalue weighted by molar-refractivity contribution is 5.86. The van der Waals surface area contributed by atoms with Crippen molar-refractivity contribution in [2.75, 3.05) is 13.2 Å². The van der Waals surface area contributed by atoms with Crippen LogP contribution in [0.1, 0.15) is 59.3 Å². The number of hydrogen-bond donors (Lipinski definition) is 1. The Morgan fingerprint density at radius 1 is 1.21 bits per heavy atom. The van der Waals surface area contributed by atoms with Crippen molar-refractivity contribution in [2.45, 2.75) is 59.3 Å². The van der Waals surface area contributed by atoms with E-state index in [4.69, 9.17) is 4.74 Å². The lowest BCUT2D eigenvalue weighted by atomic mass is 9.71. The van der Waals surface area contributed by atoms with Crippen LogP contribution in [0.3, 0.4) is 0 Å². The average Bonchev–Trinajstić information content (AvgIpc) is 2.32. The minimum atomic E-state index is -0.352. The third kappa shape index (κ3) is 4.98. The summed E-state index contributed by atoms with van der Waals surface area (Å²) in [6, 6.07) is 0. The first-order valence-electron chi connectivity index (χ1n) is 7.24. The van der Waals surface area contributed by atoms with Crippen LogP contribution in [-0.2, 0) is 9.53 Å². The van der Waals surface area contributed by atoms with Gasteiger partial charge < -0.3 is 9.84 Å². The standard InChI is InChI=1S/C16H28O3/c1-13(2)14(18)19-12-16(11-17)9-5-7-15(3,4)8-6-10-16/h17H,1,5-12H2,2-4H3. The molecular weight excluding hydrogens is 240 g/mol. The molecule has 3 heteroatoms. The average molecular weight is 268 g/mol. The van der Waals surface area contributed by atoms with Gasteiger partial charge in [0.15, 0.2) is 0 Å². The number of esters is 1. The molecule has 1 aliphatic rings. The molecule has 19 heavy (non-hydrogen) atoms. The first kappa shape index (κ1) is 16.2. The fourth-order valence-electron chi connectivity index (χ4n) is 2.82. The van der Waals surface area contributed by atoms with Gasteiger partial charge in [0.2, 0.25) is 0 Å². The normalized spacial score (nSPS) is 22.1. The Balaban J connectivity index is 2.59. The maximum atomic E-state index is 11.5. The minimum Gasteiger partial charge on any atom is -0.462 e. The Labute approximate surface area is 117 Å². The van der Waals surface area contributed by atoms with Gasteiger partial charge in [-0.15, -0.1) is 0 Å². The zero-order valence-electron chi connectivity index (χ0n) is 12.6. The summed E-state index contributed by atoms with van der Waals surface area (Å²) in [5, 5.41) is 9.73. The molecule has 1 rings (SSSR count). The van der Waals surface area contributed by atoms with Crippen LogP contribution in [0, 0.1) is 10.8 Å². The highest BCUT2D eigenvalue weighted by atomic mass is 16.5. The van der Waals surface area contributed by atoms with Gasteiger partial charge in [0.05, 0.1) is 13.2 Å². The third-order valence-corrected chi connectivity index (χ3v) is 4.31. The molecule has 0 aromatic rings. The molecule has 0 aliphatic heterocycles. The van der Waals surface area contributed by atoms with Crippen molar-refractivity contribution in [3.8, 4) is 0 Å². The highest BCUT2D eigenvalue weighted by Gasteiger charge is 2.34. The maximum Gasteiger partial charge on any atom is 0.333 e. The summed E-state index contributed by atoms with van der Waals surface area (Å²) in [7, 11) is 0. The van der Waals surface area contributed by atoms with E-state index in [1.54, 1.807) is 6.92 Å². The summed E-state index contributed by atoms with van der Waals surface area (Å²) in [5.41, 5.74) is 0.567. The van der Waals surface area contributed by atoms with Crippen molar-refractivity contribution >= 4 is 5.97 Å². The Hall–Kier alpha value is -0.830. The molecule has 1 saturated carbocycles. The van der Waals surface area contributed by atoms with E-state index in [2.05, 4.69) is 20.4 Å². The largest absolute Gasteiger partial charge is 0.462 e. The van der Waals surface area contributed by atoms with E-state index in [1.165, 1.54) is 12.8 Å². The van der Waals surface area contributed by atoms with E-state index in [9.17, 15) is 9.90 Å². The molecule has 110 valence electrons. The molecule has 0 spiro atoms. The zero-order chi connectivity index (χ0) is 14.5. The maximum absolute atomic E-state index is 11.5. The second-order valence-corrected chi connectivity index (χ2v) is 6.89. The van der Waals surface area contributed by atoms with Gasteiger partial charge in [0.25, 0.3) is 0 Å². The SMILES string of the molecule is C=C(C)C(=O)OCC1(CO)CCCC(C)(C)CCC1. The van der Waals surface area contributed by atoms with Crippen LogP contribution in [0.4, 0.5) is 0 Å². The molecule has 0 amide bonds. The number of rotatable bonds is 4. The second kappa shape index (κ2) is 6.56. The van der Waals surface area contributed by atoms with Gasteiger partial charge in [-0.1, -0.05) is 33.3 Å². The first-order valence-corrected chi connectivity index (χ1v) is 7.24. The molecule has 0 radical (unpaired) electrons. The van der Waals surface area contributed by atoms with Crippen LogP contribution in [0.5, 0.6) is 0 Å². The van der Waals surface area contributed by atoms with E-state index in [1.807, 2.05) is 0 Å².